The number of hydrogen-bond donors (Lipinski definition) is 0. The van der Waals surface area contributed by atoms with E-state index < -0.39 is 51.8 Å². The van der Waals surface area contributed by atoms with E-state index in [9.17, 15) is 38.1 Å². The van der Waals surface area contributed by atoms with Crippen molar-refractivity contribution in [1.82, 2.24) is 4.90 Å². The van der Waals surface area contributed by atoms with E-state index in [2.05, 4.69) is 0 Å². The van der Waals surface area contributed by atoms with Gasteiger partial charge in [-0.3, -0.25) is 19.7 Å². The number of nitro benzene ring substituents is 1. The Kier molecular flexibility index (Phi) is 8.07. The number of ether oxygens (including phenoxy) is 2. The van der Waals surface area contributed by atoms with Crippen LogP contribution in [0.15, 0.2) is 36.4 Å². The fraction of sp³-hybridized carbons (Fsp3) is 0.286. The van der Waals surface area contributed by atoms with Gasteiger partial charge in [-0.05, 0) is 31.2 Å². The van der Waals surface area contributed by atoms with Crippen LogP contribution in [-0.4, -0.2) is 41.7 Å². The number of halogens is 4. The molecule has 0 aliphatic rings. The molecular formula is C21H17ClF3N3O6. The summed E-state index contributed by atoms with van der Waals surface area (Å²) in [6.45, 7) is 1.21. The van der Waals surface area contributed by atoms with Gasteiger partial charge in [0.1, 0.15) is 11.5 Å². The van der Waals surface area contributed by atoms with Crippen molar-refractivity contribution < 1.29 is 37.2 Å². The first-order valence-electron chi connectivity index (χ1n) is 9.40. The molecule has 9 nitrogen and oxygen atoms in total. The molecule has 2 atom stereocenters. The summed E-state index contributed by atoms with van der Waals surface area (Å²) in [6, 6.07) is 7.13. The smallest absolute Gasteiger partial charge is 0.416 e. The van der Waals surface area contributed by atoms with Crippen molar-refractivity contribution in [3.63, 3.8) is 0 Å². The summed E-state index contributed by atoms with van der Waals surface area (Å²) < 4.78 is 49.2. The van der Waals surface area contributed by atoms with Crippen LogP contribution in [0, 0.1) is 27.4 Å². The van der Waals surface area contributed by atoms with Gasteiger partial charge in [-0.2, -0.15) is 18.4 Å². The number of alkyl halides is 3. The minimum absolute atomic E-state index is 0.0943. The molecule has 13 heteroatoms. The molecule has 0 fully saturated rings. The third kappa shape index (κ3) is 6.14. The molecule has 0 saturated heterocycles. The molecule has 2 unspecified atom stereocenters. The van der Waals surface area contributed by atoms with E-state index in [-0.39, 0.29) is 16.5 Å². The summed E-state index contributed by atoms with van der Waals surface area (Å²) in [6.07, 6.45) is -6.05. The van der Waals surface area contributed by atoms with E-state index in [1.807, 2.05) is 0 Å². The average molecular weight is 500 g/mol. The summed E-state index contributed by atoms with van der Waals surface area (Å²) >= 11 is 5.86. The Bertz CT molecular complexity index is 1160. The highest BCUT2D eigenvalue weighted by Gasteiger charge is 2.34. The molecule has 0 radical (unpaired) electrons. The summed E-state index contributed by atoms with van der Waals surface area (Å²) in [5, 5.41) is 20.2. The Labute approximate surface area is 196 Å². The number of carbonyl (C=O) groups is 2. The summed E-state index contributed by atoms with van der Waals surface area (Å²) in [5.74, 6) is -4.09. The fourth-order valence-electron chi connectivity index (χ4n) is 2.67. The van der Waals surface area contributed by atoms with Crippen LogP contribution in [0.3, 0.4) is 0 Å². The van der Waals surface area contributed by atoms with Crippen LogP contribution in [0.25, 0.3) is 0 Å². The lowest BCUT2D eigenvalue weighted by molar-refractivity contribution is -0.386. The SMILES string of the molecule is CC(Oc1cc(Oc2ccc(C(F)(F)F)cc2Cl)ccc1[N+](=O)[O-])C(=O)C(C#N)C(=O)N(C)C. The number of rotatable bonds is 8. The molecule has 0 aliphatic carbocycles. The van der Waals surface area contributed by atoms with Crippen LogP contribution in [0.1, 0.15) is 12.5 Å². The van der Waals surface area contributed by atoms with Crippen molar-refractivity contribution in [2.45, 2.75) is 19.2 Å². The van der Waals surface area contributed by atoms with Crippen molar-refractivity contribution >= 4 is 29.0 Å². The molecule has 2 rings (SSSR count). The molecule has 2 aromatic rings. The predicted octanol–water partition coefficient (Wildman–Crippen LogP) is 4.62. The number of nitro groups is 1. The van der Waals surface area contributed by atoms with E-state index in [0.717, 1.165) is 35.2 Å². The Morgan fingerprint density at radius 1 is 1.18 bits per heavy atom. The number of amides is 1. The van der Waals surface area contributed by atoms with E-state index >= 15 is 0 Å². The van der Waals surface area contributed by atoms with Gasteiger partial charge in [0.25, 0.3) is 0 Å². The van der Waals surface area contributed by atoms with Crippen molar-refractivity contribution in [3.05, 3.63) is 57.1 Å². The Morgan fingerprint density at radius 2 is 1.82 bits per heavy atom. The second-order valence-electron chi connectivity index (χ2n) is 7.09. The van der Waals surface area contributed by atoms with Crippen molar-refractivity contribution in [3.8, 4) is 23.3 Å². The first-order valence-corrected chi connectivity index (χ1v) is 9.78. The van der Waals surface area contributed by atoms with E-state index in [1.54, 1.807) is 6.07 Å². The molecule has 0 heterocycles. The molecule has 0 aromatic heterocycles. The van der Waals surface area contributed by atoms with E-state index in [1.165, 1.54) is 21.0 Å². The molecular weight excluding hydrogens is 483 g/mol. The van der Waals surface area contributed by atoms with Gasteiger partial charge in [-0.1, -0.05) is 11.6 Å². The maximum atomic E-state index is 12.8. The topological polar surface area (TPSA) is 123 Å². The van der Waals surface area contributed by atoms with Crippen molar-refractivity contribution in [2.75, 3.05) is 14.1 Å². The summed E-state index contributed by atoms with van der Waals surface area (Å²) in [5.41, 5.74) is -1.55. The molecule has 0 bridgehead atoms. The van der Waals surface area contributed by atoms with Crippen molar-refractivity contribution in [2.24, 2.45) is 5.92 Å². The lowest BCUT2D eigenvalue weighted by atomic mass is 10.0. The molecule has 180 valence electrons. The highest BCUT2D eigenvalue weighted by atomic mass is 35.5. The third-order valence-corrected chi connectivity index (χ3v) is 4.72. The van der Waals surface area contributed by atoms with Crippen LogP contribution in [0.5, 0.6) is 17.2 Å². The molecule has 2 aromatic carbocycles. The zero-order chi connectivity index (χ0) is 25.8. The predicted molar refractivity (Wildman–Crippen MR) is 113 cm³/mol. The lowest BCUT2D eigenvalue weighted by Crippen LogP contribution is -2.39. The zero-order valence-corrected chi connectivity index (χ0v) is 18.7. The third-order valence-electron chi connectivity index (χ3n) is 4.42. The first-order chi connectivity index (χ1) is 15.8. The lowest BCUT2D eigenvalue weighted by Gasteiger charge is -2.19. The van der Waals surface area contributed by atoms with Gasteiger partial charge in [-0.25, -0.2) is 0 Å². The zero-order valence-electron chi connectivity index (χ0n) is 17.9. The minimum Gasteiger partial charge on any atom is -0.476 e. The van der Waals surface area contributed by atoms with Gasteiger partial charge >= 0.3 is 11.9 Å². The second kappa shape index (κ2) is 10.4. The highest BCUT2D eigenvalue weighted by Crippen LogP contribution is 2.38. The fourth-order valence-corrected chi connectivity index (χ4v) is 2.89. The van der Waals surface area contributed by atoms with E-state index in [0.29, 0.717) is 6.07 Å². The standard InChI is InChI=1S/C21H17ClF3N3O6/c1-11(19(29)14(10-26)20(30)27(2)3)33-18-9-13(5-6-16(18)28(31)32)34-17-7-4-12(8-15(17)22)21(23,24)25/h4-9,11,14H,1-3H3. The first kappa shape index (κ1) is 26.4. The normalized spacial score (nSPS) is 12.8. The van der Waals surface area contributed by atoms with Gasteiger partial charge < -0.3 is 14.4 Å². The van der Waals surface area contributed by atoms with E-state index in [4.69, 9.17) is 21.1 Å². The number of carbonyl (C=O) groups excluding carboxylic acids is 2. The highest BCUT2D eigenvalue weighted by molar-refractivity contribution is 6.32. The maximum Gasteiger partial charge on any atom is 0.416 e. The van der Waals surface area contributed by atoms with Gasteiger partial charge in [-0.15, -0.1) is 0 Å². The monoisotopic (exact) mass is 499 g/mol. The Morgan fingerprint density at radius 3 is 2.32 bits per heavy atom. The molecule has 0 saturated carbocycles. The molecule has 0 spiro atoms. The number of nitrogens with zero attached hydrogens (tertiary/aromatic N) is 3. The van der Waals surface area contributed by atoms with Crippen LogP contribution in [0.2, 0.25) is 5.02 Å². The van der Waals surface area contributed by atoms with Gasteiger partial charge in [0, 0.05) is 26.2 Å². The molecule has 0 N–H and O–H groups in total. The maximum absolute atomic E-state index is 12.8. The molecule has 0 aliphatic heterocycles. The minimum atomic E-state index is -4.62. The number of benzene rings is 2. The molecule has 1 amide bonds. The Hall–Kier alpha value is -3.85. The number of nitriles is 1. The van der Waals surface area contributed by atoms with Crippen LogP contribution in [0.4, 0.5) is 18.9 Å². The van der Waals surface area contributed by atoms with Crippen LogP contribution in [-0.2, 0) is 15.8 Å². The summed E-state index contributed by atoms with van der Waals surface area (Å²) in [7, 11) is 2.70. The number of Topliss-reactive ketones (excluding diaryl/α,β-unsaturated/α-hetero) is 1. The largest absolute Gasteiger partial charge is 0.476 e. The average Bonchev–Trinajstić information content (AvgIpc) is 2.74. The quantitative estimate of drug-likeness (QED) is 0.295. The number of ketones is 1. The molecule has 34 heavy (non-hydrogen) atoms. The van der Waals surface area contributed by atoms with Crippen LogP contribution < -0.4 is 9.47 Å². The Balaban J connectivity index is 2.34. The van der Waals surface area contributed by atoms with Gasteiger partial charge in [0.2, 0.25) is 11.7 Å². The van der Waals surface area contributed by atoms with Gasteiger partial charge in [0.15, 0.2) is 17.8 Å². The second-order valence-corrected chi connectivity index (χ2v) is 7.50. The number of hydrogen-bond acceptors (Lipinski definition) is 7. The van der Waals surface area contributed by atoms with Crippen molar-refractivity contribution in [1.29, 1.82) is 5.26 Å². The van der Waals surface area contributed by atoms with Crippen LogP contribution >= 0.6 is 11.6 Å². The summed E-state index contributed by atoms with van der Waals surface area (Å²) in [4.78, 5) is 36.2. The van der Waals surface area contributed by atoms with Gasteiger partial charge in [0.05, 0.1) is 21.6 Å².